The van der Waals surface area contributed by atoms with Crippen LogP contribution in [0.15, 0.2) is 261 Å². The van der Waals surface area contributed by atoms with Crippen LogP contribution in [0.25, 0.3) is 83.7 Å². The van der Waals surface area contributed by atoms with Crippen molar-refractivity contribution in [3.63, 3.8) is 0 Å². The highest BCUT2D eigenvalue weighted by molar-refractivity contribution is 5.92. The quantitative estimate of drug-likeness (QED) is 0.137. The first-order chi connectivity index (χ1) is 31.7. The van der Waals surface area contributed by atoms with E-state index in [9.17, 15) is 0 Å². The van der Waals surface area contributed by atoms with Crippen molar-refractivity contribution in [3.8, 4) is 72.7 Å². The molecule has 3 heteroatoms. The molecule has 0 radical (unpaired) electrons. The average Bonchev–Trinajstić information content (AvgIpc) is 3.78. The number of anilines is 3. The Morgan fingerprint density at radius 2 is 0.703 bits per heavy atom. The van der Waals surface area contributed by atoms with Gasteiger partial charge in [-0.2, -0.15) is 0 Å². The van der Waals surface area contributed by atoms with E-state index in [4.69, 9.17) is 4.98 Å². The molecular formula is C61H43N3. The zero-order chi connectivity index (χ0) is 42.7. The summed E-state index contributed by atoms with van der Waals surface area (Å²) in [5.41, 5.74) is 19.1. The first-order valence-electron chi connectivity index (χ1n) is 21.8. The molecule has 0 N–H and O–H groups in total. The largest absolute Gasteiger partial charge is 0.310 e. The zero-order valence-corrected chi connectivity index (χ0v) is 35.2. The van der Waals surface area contributed by atoms with E-state index in [0.717, 1.165) is 56.3 Å². The summed E-state index contributed by atoms with van der Waals surface area (Å²) in [5, 5.41) is 0. The number of benzene rings is 10. The Kier molecular flexibility index (Phi) is 10.3. The highest BCUT2D eigenvalue weighted by Gasteiger charge is 2.20. The molecule has 0 atom stereocenters. The molecule has 3 nitrogen and oxygen atoms in total. The van der Waals surface area contributed by atoms with Gasteiger partial charge in [0.2, 0.25) is 0 Å². The molecule has 10 aromatic carbocycles. The van der Waals surface area contributed by atoms with Crippen molar-refractivity contribution in [2.45, 2.75) is 0 Å². The molecule has 0 bridgehead atoms. The topological polar surface area (TPSA) is 21.1 Å². The van der Waals surface area contributed by atoms with Crippen molar-refractivity contribution in [3.05, 3.63) is 261 Å². The van der Waals surface area contributed by atoms with Crippen LogP contribution in [0.4, 0.5) is 17.1 Å². The first kappa shape index (κ1) is 38.4. The number of hydrogen-bond acceptors (Lipinski definition) is 2. The van der Waals surface area contributed by atoms with E-state index >= 15 is 0 Å². The van der Waals surface area contributed by atoms with Gasteiger partial charge in [-0.15, -0.1) is 0 Å². The number of para-hydroxylation sites is 2. The minimum absolute atomic E-state index is 0.922. The Labute approximate surface area is 374 Å². The maximum absolute atomic E-state index is 5.10. The number of imidazole rings is 1. The molecule has 302 valence electrons. The molecule has 1 aromatic heterocycles. The number of rotatable bonds is 10. The molecule has 0 saturated heterocycles. The highest BCUT2D eigenvalue weighted by atomic mass is 15.1. The molecular weight excluding hydrogens is 775 g/mol. The van der Waals surface area contributed by atoms with Crippen LogP contribution in [0.3, 0.4) is 0 Å². The van der Waals surface area contributed by atoms with E-state index in [1.807, 2.05) is 6.07 Å². The lowest BCUT2D eigenvalue weighted by Gasteiger charge is -2.28. The normalized spacial score (nSPS) is 11.1. The van der Waals surface area contributed by atoms with Gasteiger partial charge in [0.05, 0.1) is 11.0 Å². The summed E-state index contributed by atoms with van der Waals surface area (Å²) in [6.45, 7) is 0. The monoisotopic (exact) mass is 817 g/mol. The van der Waals surface area contributed by atoms with Crippen LogP contribution in [0.1, 0.15) is 0 Å². The molecule has 1 heterocycles. The third-order valence-electron chi connectivity index (χ3n) is 12.0. The summed E-state index contributed by atoms with van der Waals surface area (Å²) < 4.78 is 2.27. The third kappa shape index (κ3) is 7.46. The van der Waals surface area contributed by atoms with Crippen LogP contribution in [-0.4, -0.2) is 9.55 Å². The predicted molar refractivity (Wildman–Crippen MR) is 268 cm³/mol. The fourth-order valence-electron chi connectivity index (χ4n) is 8.94. The van der Waals surface area contributed by atoms with Crippen molar-refractivity contribution >= 4 is 28.1 Å². The molecule has 0 aliphatic carbocycles. The Bertz CT molecular complexity index is 3220. The van der Waals surface area contributed by atoms with Crippen molar-refractivity contribution in [1.82, 2.24) is 9.55 Å². The average molecular weight is 818 g/mol. The van der Waals surface area contributed by atoms with Crippen LogP contribution < -0.4 is 4.90 Å². The first-order valence-corrected chi connectivity index (χ1v) is 21.8. The van der Waals surface area contributed by atoms with Crippen LogP contribution >= 0.6 is 0 Å². The molecule has 0 aliphatic rings. The summed E-state index contributed by atoms with van der Waals surface area (Å²) >= 11 is 0. The molecule has 0 saturated carbocycles. The minimum atomic E-state index is 0.922. The molecule has 0 aliphatic heterocycles. The van der Waals surface area contributed by atoms with Crippen LogP contribution in [0.5, 0.6) is 0 Å². The number of nitrogens with zero attached hydrogens (tertiary/aromatic N) is 3. The van der Waals surface area contributed by atoms with E-state index in [0.29, 0.717) is 0 Å². The summed E-state index contributed by atoms with van der Waals surface area (Å²) in [6.07, 6.45) is 0. The molecule has 11 aromatic rings. The van der Waals surface area contributed by atoms with E-state index in [1.54, 1.807) is 0 Å². The summed E-state index contributed by atoms with van der Waals surface area (Å²) in [6, 6.07) is 93.2. The zero-order valence-electron chi connectivity index (χ0n) is 35.2. The summed E-state index contributed by atoms with van der Waals surface area (Å²) in [5.74, 6) is 0.922. The molecule has 64 heavy (non-hydrogen) atoms. The van der Waals surface area contributed by atoms with E-state index < -0.39 is 0 Å². The van der Waals surface area contributed by atoms with Crippen molar-refractivity contribution < 1.29 is 0 Å². The van der Waals surface area contributed by atoms with Crippen molar-refractivity contribution in [1.29, 1.82) is 0 Å². The highest BCUT2D eigenvalue weighted by Crippen LogP contribution is 2.44. The van der Waals surface area contributed by atoms with Crippen molar-refractivity contribution in [2.24, 2.45) is 0 Å². The molecule has 11 rings (SSSR count). The van der Waals surface area contributed by atoms with Crippen molar-refractivity contribution in [2.75, 3.05) is 4.90 Å². The Balaban J connectivity index is 1.06. The standard InChI is InChI=1S/C61H43N3/c1-6-19-45(20-7-1)55-39-37-53(42-57(55)47-23-10-3-11-24-47)63(54-38-40-56(46-21-8-2-9-22-46)58(43-54)48-25-12-4-13-26-48)51-35-33-44(34-36-51)50-29-18-30-52(41-50)64-60-32-17-16-31-59(60)62-61(64)49-27-14-5-15-28-49/h1-43H. The molecule has 0 fully saturated rings. The fourth-order valence-corrected chi connectivity index (χ4v) is 8.94. The predicted octanol–water partition coefficient (Wildman–Crippen LogP) is 16.5. The van der Waals surface area contributed by atoms with Gasteiger partial charge in [-0.25, -0.2) is 4.98 Å². The van der Waals surface area contributed by atoms with Gasteiger partial charge < -0.3 is 4.90 Å². The maximum atomic E-state index is 5.10. The Morgan fingerprint density at radius 1 is 0.281 bits per heavy atom. The van der Waals surface area contributed by atoms with Gasteiger partial charge in [0.1, 0.15) is 5.82 Å². The summed E-state index contributed by atoms with van der Waals surface area (Å²) in [4.78, 5) is 7.50. The minimum Gasteiger partial charge on any atom is -0.310 e. The smallest absolute Gasteiger partial charge is 0.145 e. The fraction of sp³-hybridized carbons (Fsp3) is 0. The van der Waals surface area contributed by atoms with Gasteiger partial charge in [-0.3, -0.25) is 4.57 Å². The van der Waals surface area contributed by atoms with E-state index in [1.165, 1.54) is 44.5 Å². The number of hydrogen-bond donors (Lipinski definition) is 0. The van der Waals surface area contributed by atoms with Gasteiger partial charge in [0.15, 0.2) is 0 Å². The van der Waals surface area contributed by atoms with Crippen LogP contribution in [-0.2, 0) is 0 Å². The SMILES string of the molecule is c1ccc(-c2ccc(N(c3ccc(-c4cccc(-n5c(-c6ccccc6)nc6ccccc65)c4)cc3)c3ccc(-c4ccccc4)c(-c4ccccc4)c3)cc2-c2ccccc2)cc1. The second kappa shape index (κ2) is 17.1. The maximum Gasteiger partial charge on any atom is 0.145 e. The van der Waals surface area contributed by atoms with E-state index in [-0.39, 0.29) is 0 Å². The van der Waals surface area contributed by atoms with Gasteiger partial charge in [0, 0.05) is 28.3 Å². The van der Waals surface area contributed by atoms with Gasteiger partial charge >= 0.3 is 0 Å². The second-order valence-electron chi connectivity index (χ2n) is 16.0. The van der Waals surface area contributed by atoms with Gasteiger partial charge in [-0.1, -0.05) is 200 Å². The summed E-state index contributed by atoms with van der Waals surface area (Å²) in [7, 11) is 0. The number of aromatic nitrogens is 2. The van der Waals surface area contributed by atoms with Crippen LogP contribution in [0.2, 0.25) is 0 Å². The third-order valence-corrected chi connectivity index (χ3v) is 12.0. The second-order valence-corrected chi connectivity index (χ2v) is 16.0. The van der Waals surface area contributed by atoms with Gasteiger partial charge in [-0.05, 0) is 116 Å². The van der Waals surface area contributed by atoms with Gasteiger partial charge in [0.25, 0.3) is 0 Å². The lowest BCUT2D eigenvalue weighted by atomic mass is 9.92. The molecule has 0 spiro atoms. The lowest BCUT2D eigenvalue weighted by Crippen LogP contribution is -2.10. The van der Waals surface area contributed by atoms with Crippen LogP contribution in [0, 0.1) is 0 Å². The Hall–Kier alpha value is -8.53. The Morgan fingerprint density at radius 3 is 1.22 bits per heavy atom. The molecule has 0 amide bonds. The lowest BCUT2D eigenvalue weighted by molar-refractivity contribution is 1.10. The van der Waals surface area contributed by atoms with E-state index in [2.05, 4.69) is 264 Å². The number of fused-ring (bicyclic) bond motifs is 1. The molecule has 0 unspecified atom stereocenters.